The number of carbonyl (C=O) groups is 4. The van der Waals surface area contributed by atoms with Gasteiger partial charge in [0, 0.05) is 69.5 Å². The molecule has 5 aromatic rings. The lowest BCUT2D eigenvalue weighted by molar-refractivity contribution is -0.136. The van der Waals surface area contributed by atoms with Crippen molar-refractivity contribution in [2.75, 3.05) is 67.4 Å². The molecular formula is C41H43N9O8S. The second kappa shape index (κ2) is 15.5. The van der Waals surface area contributed by atoms with Crippen LogP contribution in [0.25, 0.3) is 11.0 Å². The Kier molecular flexibility index (Phi) is 10.0. The molecule has 3 saturated heterocycles. The average molecular weight is 822 g/mol. The number of aromatic nitrogens is 3. The Morgan fingerprint density at radius 3 is 2.49 bits per heavy atom. The van der Waals surface area contributed by atoms with Gasteiger partial charge < -0.3 is 19.1 Å². The van der Waals surface area contributed by atoms with Gasteiger partial charge in [-0.1, -0.05) is 11.2 Å². The van der Waals surface area contributed by atoms with Crippen LogP contribution in [0.1, 0.15) is 52.0 Å². The second-order valence-electron chi connectivity index (χ2n) is 15.4. The fraction of sp³-hybridized carbons (Fsp3) is 0.366. The Morgan fingerprint density at radius 2 is 1.71 bits per heavy atom. The summed E-state index contributed by atoms with van der Waals surface area (Å²) < 4.78 is 42.9. The molecule has 3 fully saturated rings. The minimum Gasteiger partial charge on any atom is -0.496 e. The number of methoxy groups -OCH3 is 1. The van der Waals surface area contributed by atoms with Crippen molar-refractivity contribution in [1.29, 1.82) is 0 Å². The monoisotopic (exact) mass is 821 g/mol. The third kappa shape index (κ3) is 7.49. The molecule has 3 aromatic carbocycles. The molecule has 0 bridgehead atoms. The maximum absolute atomic E-state index is 13.7. The van der Waals surface area contributed by atoms with Crippen molar-refractivity contribution in [2.45, 2.75) is 43.2 Å². The molecule has 6 heterocycles. The fourth-order valence-corrected chi connectivity index (χ4v) is 9.63. The van der Waals surface area contributed by atoms with E-state index < -0.39 is 39.7 Å². The van der Waals surface area contributed by atoms with Crippen LogP contribution in [-0.2, 0) is 26.2 Å². The second-order valence-corrected chi connectivity index (χ2v) is 17.1. The average Bonchev–Trinajstić information content (AvgIpc) is 4.06. The number of benzene rings is 3. The van der Waals surface area contributed by atoms with Crippen LogP contribution in [0, 0.1) is 5.92 Å². The maximum atomic E-state index is 13.7. The Hall–Kier alpha value is -6.27. The number of anilines is 3. The molecule has 0 radical (unpaired) electrons. The molecule has 2 atom stereocenters. The third-order valence-corrected chi connectivity index (χ3v) is 13.1. The number of nitrogens with zero attached hydrogens (tertiary/aromatic N) is 7. The first-order valence-corrected chi connectivity index (χ1v) is 21.2. The summed E-state index contributed by atoms with van der Waals surface area (Å²) in [5, 5.41) is 10.9. The number of imide groups is 2. The van der Waals surface area contributed by atoms with Gasteiger partial charge in [-0.2, -0.15) is 5.10 Å². The zero-order valence-corrected chi connectivity index (χ0v) is 33.2. The highest BCUT2D eigenvalue weighted by Crippen LogP contribution is 2.36. The summed E-state index contributed by atoms with van der Waals surface area (Å²) in [4.78, 5) is 58.6. The van der Waals surface area contributed by atoms with E-state index in [9.17, 15) is 27.6 Å². The molecule has 0 saturated carbocycles. The van der Waals surface area contributed by atoms with Crippen molar-refractivity contribution >= 4 is 61.8 Å². The number of fused-ring (bicyclic) bond motifs is 2. The zero-order valence-electron chi connectivity index (χ0n) is 32.4. The van der Waals surface area contributed by atoms with Crippen molar-refractivity contribution in [3.8, 4) is 5.75 Å². The Labute approximate surface area is 339 Å². The summed E-state index contributed by atoms with van der Waals surface area (Å²) in [7, 11) is -2.51. The van der Waals surface area contributed by atoms with Crippen LogP contribution in [-0.4, -0.2) is 116 Å². The standard InChI is InChI=1S/C41H43N9O8S/c1-57-34-20-27(25-49-13-3-12-42-49)21-35-37(34)38(44-58-35)45-59(55,56)30-5-2-4-28(22-30)47-18-16-46(17-19-47)14-10-26-11-15-48(24-26)29-6-7-31-32(23-29)41(54)50(40(31)53)33-8-9-36(51)43-39(33)52/h2-7,12-13,20-23,26,33H,8-11,14-19,24-25H2,1H3,(H,44,45)(H,43,51,52). The van der Waals surface area contributed by atoms with Crippen LogP contribution in [0.4, 0.5) is 17.2 Å². The molecular weight excluding hydrogens is 779 g/mol. The molecule has 59 heavy (non-hydrogen) atoms. The normalized spacial score (nSPS) is 20.1. The predicted molar refractivity (Wildman–Crippen MR) is 216 cm³/mol. The lowest BCUT2D eigenvalue weighted by Gasteiger charge is -2.36. The van der Waals surface area contributed by atoms with Crippen molar-refractivity contribution in [3.63, 3.8) is 0 Å². The molecule has 18 heteroatoms. The third-order valence-electron chi connectivity index (χ3n) is 11.7. The van der Waals surface area contributed by atoms with E-state index in [1.54, 1.807) is 47.3 Å². The van der Waals surface area contributed by atoms with Crippen LogP contribution in [0.5, 0.6) is 5.75 Å². The molecule has 4 amide bonds. The van der Waals surface area contributed by atoms with E-state index in [-0.39, 0.29) is 29.1 Å². The summed E-state index contributed by atoms with van der Waals surface area (Å²) in [5.74, 6) is -1.10. The van der Waals surface area contributed by atoms with Crippen LogP contribution >= 0.6 is 0 Å². The molecule has 2 unspecified atom stereocenters. The number of ether oxygens (including phenoxy) is 1. The summed E-state index contributed by atoms with van der Waals surface area (Å²) in [6.07, 6.45) is 5.75. The number of sulfonamides is 1. The summed E-state index contributed by atoms with van der Waals surface area (Å²) in [6.45, 7) is 6.24. The molecule has 2 aromatic heterocycles. The molecule has 0 spiro atoms. The van der Waals surface area contributed by atoms with E-state index >= 15 is 0 Å². The van der Waals surface area contributed by atoms with Crippen molar-refractivity contribution in [2.24, 2.45) is 5.92 Å². The number of nitrogens with one attached hydrogen (secondary N) is 2. The smallest absolute Gasteiger partial charge is 0.263 e. The maximum Gasteiger partial charge on any atom is 0.263 e. The summed E-state index contributed by atoms with van der Waals surface area (Å²) in [5.41, 5.74) is 3.50. The van der Waals surface area contributed by atoms with E-state index in [1.807, 2.05) is 30.5 Å². The van der Waals surface area contributed by atoms with E-state index in [4.69, 9.17) is 9.26 Å². The van der Waals surface area contributed by atoms with Gasteiger partial charge in [-0.25, -0.2) is 8.42 Å². The van der Waals surface area contributed by atoms with Gasteiger partial charge in [0.05, 0.1) is 29.7 Å². The van der Waals surface area contributed by atoms with Crippen molar-refractivity contribution in [1.82, 2.24) is 30.1 Å². The van der Waals surface area contributed by atoms with E-state index in [0.29, 0.717) is 34.7 Å². The first kappa shape index (κ1) is 38.3. The van der Waals surface area contributed by atoms with Crippen molar-refractivity contribution in [3.05, 3.63) is 89.7 Å². The molecule has 4 aliphatic rings. The van der Waals surface area contributed by atoms with Crippen LogP contribution in [0.3, 0.4) is 0 Å². The van der Waals surface area contributed by atoms with Gasteiger partial charge in [0.1, 0.15) is 17.2 Å². The molecule has 306 valence electrons. The highest BCUT2D eigenvalue weighted by Gasteiger charge is 2.45. The number of rotatable bonds is 12. The number of piperidine rings is 1. The van der Waals surface area contributed by atoms with Gasteiger partial charge in [-0.05, 0) is 91.9 Å². The first-order chi connectivity index (χ1) is 28.5. The highest BCUT2D eigenvalue weighted by molar-refractivity contribution is 7.92. The minimum atomic E-state index is -4.03. The Balaban J connectivity index is 0.777. The van der Waals surface area contributed by atoms with Gasteiger partial charge in [-0.15, -0.1) is 0 Å². The molecule has 9 rings (SSSR count). The predicted octanol–water partition coefficient (Wildman–Crippen LogP) is 3.32. The first-order valence-electron chi connectivity index (χ1n) is 19.7. The summed E-state index contributed by atoms with van der Waals surface area (Å²) >= 11 is 0. The Morgan fingerprint density at radius 1 is 0.898 bits per heavy atom. The molecule has 0 aliphatic carbocycles. The van der Waals surface area contributed by atoms with Gasteiger partial charge in [-0.3, -0.25) is 43.7 Å². The number of hydrogen-bond acceptors (Lipinski definition) is 13. The van der Waals surface area contributed by atoms with E-state index in [2.05, 4.69) is 35.0 Å². The fourth-order valence-electron chi connectivity index (χ4n) is 8.58. The van der Waals surface area contributed by atoms with E-state index in [1.165, 1.54) is 7.11 Å². The lowest BCUT2D eigenvalue weighted by Crippen LogP contribution is -2.54. The minimum absolute atomic E-state index is 0.0455. The number of carbonyl (C=O) groups excluding carboxylic acids is 4. The Bertz CT molecular complexity index is 2570. The van der Waals surface area contributed by atoms with Crippen molar-refractivity contribution < 1.29 is 36.9 Å². The molecule has 17 nitrogen and oxygen atoms in total. The topological polar surface area (TPSA) is 193 Å². The van der Waals surface area contributed by atoms with Crippen LogP contribution < -0.4 is 24.6 Å². The van der Waals surface area contributed by atoms with E-state index in [0.717, 1.165) is 80.5 Å². The molecule has 4 aliphatic heterocycles. The van der Waals surface area contributed by atoms with Gasteiger partial charge in [0.15, 0.2) is 11.4 Å². The van der Waals surface area contributed by atoms with Gasteiger partial charge in [0.25, 0.3) is 21.8 Å². The summed E-state index contributed by atoms with van der Waals surface area (Å²) in [6, 6.07) is 16.6. The largest absolute Gasteiger partial charge is 0.496 e. The lowest BCUT2D eigenvalue weighted by atomic mass is 10.0. The number of amides is 4. The van der Waals surface area contributed by atoms with Crippen LogP contribution in [0.2, 0.25) is 0 Å². The molecule has 2 N–H and O–H groups in total. The number of hydrogen-bond donors (Lipinski definition) is 2. The van der Waals surface area contributed by atoms with Crippen LogP contribution in [0.15, 0.2) is 82.5 Å². The van der Waals surface area contributed by atoms with Gasteiger partial charge >= 0.3 is 0 Å². The SMILES string of the molecule is COc1cc(Cn2cccn2)cc2onc(NS(=O)(=O)c3cccc(N4CCN(CCC5CCN(c6ccc7c(c6)C(=O)N(C6CCC(=O)NC6=O)C7=O)C5)CC4)c3)c12. The quantitative estimate of drug-likeness (QED) is 0.175. The zero-order chi connectivity index (χ0) is 40.8. The van der Waals surface area contributed by atoms with Gasteiger partial charge in [0.2, 0.25) is 11.8 Å². The highest BCUT2D eigenvalue weighted by atomic mass is 32.2. The number of piperazine rings is 1.